The van der Waals surface area contributed by atoms with Gasteiger partial charge in [-0.25, -0.2) is 4.79 Å². The molecular weight excluding hydrogens is 280 g/mol. The quantitative estimate of drug-likeness (QED) is 0.872. The first-order valence-corrected chi connectivity index (χ1v) is 8.11. The first kappa shape index (κ1) is 16.9. The van der Waals surface area contributed by atoms with E-state index >= 15 is 0 Å². The van der Waals surface area contributed by atoms with E-state index in [9.17, 15) is 4.79 Å². The topological polar surface area (TPSA) is 63.5 Å². The van der Waals surface area contributed by atoms with Crippen LogP contribution in [0, 0.1) is 5.92 Å². The van der Waals surface area contributed by atoms with E-state index in [1.54, 1.807) is 6.26 Å². The number of ether oxygens (including phenoxy) is 1. The third kappa shape index (κ3) is 5.05. The second-order valence-electron chi connectivity index (χ2n) is 7.08. The molecule has 0 spiro atoms. The zero-order valence-corrected chi connectivity index (χ0v) is 14.0. The molecule has 0 bridgehead atoms. The molecule has 0 saturated heterocycles. The Labute approximate surface area is 132 Å². The molecule has 0 aromatic carbocycles. The zero-order valence-electron chi connectivity index (χ0n) is 14.0. The Morgan fingerprint density at radius 2 is 2.23 bits per heavy atom. The van der Waals surface area contributed by atoms with Crippen LogP contribution in [0.5, 0.6) is 0 Å². The maximum absolute atomic E-state index is 11.8. The fraction of sp³-hybridized carbons (Fsp3) is 0.706. The van der Waals surface area contributed by atoms with Crippen LogP contribution < -0.4 is 10.6 Å². The lowest BCUT2D eigenvalue weighted by Crippen LogP contribution is -2.41. The minimum atomic E-state index is -0.453. The van der Waals surface area contributed by atoms with Gasteiger partial charge in [0.1, 0.15) is 11.4 Å². The van der Waals surface area contributed by atoms with Crippen molar-refractivity contribution < 1.29 is 13.9 Å². The molecule has 1 heterocycles. The number of nitrogens with one attached hydrogen (secondary N) is 2. The Kier molecular flexibility index (Phi) is 5.51. The van der Waals surface area contributed by atoms with E-state index in [-0.39, 0.29) is 12.1 Å². The van der Waals surface area contributed by atoms with Crippen LogP contribution in [-0.4, -0.2) is 24.3 Å². The fourth-order valence-electron chi connectivity index (χ4n) is 2.97. The fourth-order valence-corrected chi connectivity index (χ4v) is 2.97. The Balaban J connectivity index is 1.79. The Morgan fingerprint density at radius 1 is 1.45 bits per heavy atom. The van der Waals surface area contributed by atoms with Gasteiger partial charge in [0.05, 0.1) is 12.3 Å². The number of amides is 1. The molecule has 2 unspecified atom stereocenters. The van der Waals surface area contributed by atoms with E-state index in [0.717, 1.165) is 18.6 Å². The smallest absolute Gasteiger partial charge is 0.407 e. The van der Waals surface area contributed by atoms with Crippen LogP contribution in [0.15, 0.2) is 22.8 Å². The summed E-state index contributed by atoms with van der Waals surface area (Å²) in [5.74, 6) is 1.38. The van der Waals surface area contributed by atoms with E-state index in [4.69, 9.17) is 9.15 Å². The third-order valence-corrected chi connectivity index (χ3v) is 4.00. The molecule has 3 atom stereocenters. The van der Waals surface area contributed by atoms with Crippen molar-refractivity contribution in [1.82, 2.24) is 10.6 Å². The molecular formula is C17H28N2O3. The number of hydrogen-bond donors (Lipinski definition) is 2. The molecule has 1 aliphatic carbocycles. The molecule has 5 heteroatoms. The van der Waals surface area contributed by atoms with Gasteiger partial charge in [0.25, 0.3) is 0 Å². The lowest BCUT2D eigenvalue weighted by Gasteiger charge is -2.25. The number of carbonyl (C=O) groups is 1. The van der Waals surface area contributed by atoms with Gasteiger partial charge in [-0.05, 0) is 58.6 Å². The van der Waals surface area contributed by atoms with Crippen LogP contribution in [0.1, 0.15) is 58.8 Å². The number of rotatable bonds is 5. The minimum Gasteiger partial charge on any atom is -0.468 e. The summed E-state index contributed by atoms with van der Waals surface area (Å²) in [7, 11) is 0. The largest absolute Gasteiger partial charge is 0.468 e. The first-order valence-electron chi connectivity index (χ1n) is 8.11. The second kappa shape index (κ2) is 7.18. The van der Waals surface area contributed by atoms with Crippen molar-refractivity contribution >= 4 is 6.09 Å². The maximum atomic E-state index is 11.8. The second-order valence-corrected chi connectivity index (χ2v) is 7.08. The van der Waals surface area contributed by atoms with Crippen LogP contribution >= 0.6 is 0 Å². The average Bonchev–Trinajstić information content (AvgIpc) is 3.05. The third-order valence-electron chi connectivity index (χ3n) is 4.00. The van der Waals surface area contributed by atoms with Gasteiger partial charge < -0.3 is 19.8 Å². The van der Waals surface area contributed by atoms with Crippen LogP contribution in [0.3, 0.4) is 0 Å². The molecule has 1 aromatic rings. The molecule has 1 aromatic heterocycles. The van der Waals surface area contributed by atoms with Gasteiger partial charge >= 0.3 is 6.09 Å². The number of alkyl carbamates (subject to hydrolysis) is 1. The summed E-state index contributed by atoms with van der Waals surface area (Å²) in [4.78, 5) is 11.8. The molecule has 1 aliphatic rings. The molecule has 124 valence electrons. The van der Waals surface area contributed by atoms with E-state index in [1.807, 2.05) is 32.9 Å². The Morgan fingerprint density at radius 3 is 2.86 bits per heavy atom. The number of hydrogen-bond acceptors (Lipinski definition) is 4. The molecule has 0 radical (unpaired) electrons. The lowest BCUT2D eigenvalue weighted by molar-refractivity contribution is 0.0517. The lowest BCUT2D eigenvalue weighted by atomic mass is 10.0. The average molecular weight is 308 g/mol. The standard InChI is InChI=1S/C17H28N2O3/c1-12(15-9-6-10-21-15)19-14-8-5-7-13(14)11-18-16(20)22-17(2,3)4/h6,9-10,12-14,19H,5,7-8,11H2,1-4H3,(H,18,20)/t12-,13?,14?/m1/s1. The van der Waals surface area contributed by atoms with Gasteiger partial charge in [-0.15, -0.1) is 0 Å². The van der Waals surface area contributed by atoms with Gasteiger partial charge in [0, 0.05) is 12.6 Å². The van der Waals surface area contributed by atoms with Gasteiger partial charge in [-0.2, -0.15) is 0 Å². The predicted octanol–water partition coefficient (Wildman–Crippen LogP) is 3.62. The predicted molar refractivity (Wildman–Crippen MR) is 85.6 cm³/mol. The van der Waals surface area contributed by atoms with Crippen LogP contribution in [0.4, 0.5) is 4.79 Å². The summed E-state index contributed by atoms with van der Waals surface area (Å²) in [5, 5.41) is 6.51. The summed E-state index contributed by atoms with van der Waals surface area (Å²) in [5.41, 5.74) is -0.453. The maximum Gasteiger partial charge on any atom is 0.407 e. The molecule has 1 amide bonds. The molecule has 1 saturated carbocycles. The number of furan rings is 1. The van der Waals surface area contributed by atoms with Crippen molar-refractivity contribution in [2.24, 2.45) is 5.92 Å². The van der Waals surface area contributed by atoms with E-state index in [0.29, 0.717) is 18.5 Å². The molecule has 22 heavy (non-hydrogen) atoms. The normalized spacial score (nSPS) is 23.3. The summed E-state index contributed by atoms with van der Waals surface area (Å²) >= 11 is 0. The summed E-state index contributed by atoms with van der Waals surface area (Å²) in [6.07, 6.45) is 4.80. The molecule has 2 rings (SSSR count). The number of carbonyl (C=O) groups excluding carboxylic acids is 1. The highest BCUT2D eigenvalue weighted by atomic mass is 16.6. The van der Waals surface area contributed by atoms with Crippen molar-refractivity contribution in [2.75, 3.05) is 6.54 Å². The zero-order chi connectivity index (χ0) is 16.2. The van der Waals surface area contributed by atoms with Gasteiger partial charge in [-0.1, -0.05) is 6.42 Å². The molecule has 0 aliphatic heterocycles. The van der Waals surface area contributed by atoms with E-state index in [1.165, 1.54) is 6.42 Å². The Hall–Kier alpha value is -1.49. The van der Waals surface area contributed by atoms with Gasteiger partial charge in [-0.3, -0.25) is 0 Å². The highest BCUT2D eigenvalue weighted by molar-refractivity contribution is 5.67. The van der Waals surface area contributed by atoms with Crippen LogP contribution in [-0.2, 0) is 4.74 Å². The van der Waals surface area contributed by atoms with Crippen molar-refractivity contribution in [3.63, 3.8) is 0 Å². The molecule has 5 nitrogen and oxygen atoms in total. The Bertz CT molecular complexity index is 465. The van der Waals surface area contributed by atoms with Crippen molar-refractivity contribution in [2.45, 2.75) is 64.6 Å². The SMILES string of the molecule is C[C@@H](NC1CCCC1CNC(=O)OC(C)(C)C)c1ccco1. The van der Waals surface area contributed by atoms with Gasteiger partial charge in [0.15, 0.2) is 0 Å². The van der Waals surface area contributed by atoms with Gasteiger partial charge in [0.2, 0.25) is 0 Å². The summed E-state index contributed by atoms with van der Waals surface area (Å²) in [6, 6.07) is 4.47. The molecule has 2 N–H and O–H groups in total. The minimum absolute atomic E-state index is 0.183. The molecule has 1 fully saturated rings. The van der Waals surface area contributed by atoms with E-state index in [2.05, 4.69) is 17.6 Å². The highest BCUT2D eigenvalue weighted by Crippen LogP contribution is 2.27. The summed E-state index contributed by atoms with van der Waals surface area (Å²) < 4.78 is 10.7. The van der Waals surface area contributed by atoms with Crippen LogP contribution in [0.25, 0.3) is 0 Å². The van der Waals surface area contributed by atoms with Crippen molar-refractivity contribution in [3.05, 3.63) is 24.2 Å². The summed E-state index contributed by atoms with van der Waals surface area (Å²) in [6.45, 7) is 8.37. The highest BCUT2D eigenvalue weighted by Gasteiger charge is 2.29. The van der Waals surface area contributed by atoms with Crippen LogP contribution in [0.2, 0.25) is 0 Å². The van der Waals surface area contributed by atoms with Crippen molar-refractivity contribution in [3.8, 4) is 0 Å². The first-order chi connectivity index (χ1) is 10.3. The van der Waals surface area contributed by atoms with E-state index < -0.39 is 5.60 Å². The van der Waals surface area contributed by atoms with Crippen molar-refractivity contribution in [1.29, 1.82) is 0 Å². The monoisotopic (exact) mass is 308 g/mol.